The zero-order chi connectivity index (χ0) is 30.0. The first-order valence-electron chi connectivity index (χ1n) is 13.6. The van der Waals surface area contributed by atoms with E-state index < -0.39 is 54.3 Å². The normalized spacial score (nSPS) is 13.5. The molecule has 2 aromatic rings. The average molecular weight is 565 g/mol. The van der Waals surface area contributed by atoms with Crippen LogP contribution in [0.1, 0.15) is 37.3 Å². The van der Waals surface area contributed by atoms with Crippen LogP contribution in [0.15, 0.2) is 86.0 Å². The van der Waals surface area contributed by atoms with Crippen molar-refractivity contribution in [2.75, 3.05) is 13.2 Å². The van der Waals surface area contributed by atoms with Gasteiger partial charge >= 0.3 is 11.9 Å². The van der Waals surface area contributed by atoms with E-state index in [1.165, 1.54) is 6.08 Å². The Hall–Kier alpha value is -4.24. The van der Waals surface area contributed by atoms with Crippen molar-refractivity contribution < 1.29 is 33.8 Å². The fraction of sp³-hybridized carbons (Fsp3) is 0.375. The van der Waals surface area contributed by atoms with Gasteiger partial charge in [0.25, 0.3) is 0 Å². The number of esters is 2. The minimum Gasteiger partial charge on any atom is -0.463 e. The molecule has 4 atom stereocenters. The third kappa shape index (κ3) is 12.2. The van der Waals surface area contributed by atoms with Crippen molar-refractivity contribution >= 4 is 23.8 Å². The molecule has 41 heavy (non-hydrogen) atoms. The molecule has 3 N–H and O–H groups in total. The molecule has 0 aliphatic rings. The maximum Gasteiger partial charge on any atom is 0.332 e. The van der Waals surface area contributed by atoms with E-state index in [9.17, 15) is 24.3 Å². The molecule has 220 valence electrons. The third-order valence-corrected chi connectivity index (χ3v) is 6.26. The van der Waals surface area contributed by atoms with Gasteiger partial charge < -0.3 is 25.2 Å². The summed E-state index contributed by atoms with van der Waals surface area (Å²) < 4.78 is 11.0. The molecule has 0 spiro atoms. The Bertz CT molecular complexity index is 1140. The minimum atomic E-state index is -1.30. The standard InChI is InChI=1S/C32H40N2O7/c1-4-12-26(19-29(36)33-23(3)20-35)30(37)34-28(32(39)40-21-25-16-10-7-11-17-25)22-41-31(38)27(13-5-2)18-24-14-8-6-9-15-24/h4-11,14-17,23,26-28,35H,1-2,12-13,18-22H2,3H3,(H,33,36)(H,34,37)/t23-,26+,27-,28+/m0/s1. The number of nitrogens with one attached hydrogen (secondary N) is 2. The molecule has 0 aliphatic heterocycles. The molecule has 2 rings (SSSR count). The van der Waals surface area contributed by atoms with Crippen LogP contribution in [0, 0.1) is 11.8 Å². The van der Waals surface area contributed by atoms with E-state index >= 15 is 0 Å². The molecule has 0 unspecified atom stereocenters. The summed E-state index contributed by atoms with van der Waals surface area (Å²) in [5.74, 6) is -3.72. The second kappa shape index (κ2) is 18.2. The van der Waals surface area contributed by atoms with Crippen molar-refractivity contribution in [3.8, 4) is 0 Å². The van der Waals surface area contributed by atoms with Crippen LogP contribution in [0.25, 0.3) is 0 Å². The maximum atomic E-state index is 13.2. The average Bonchev–Trinajstić information content (AvgIpc) is 2.98. The van der Waals surface area contributed by atoms with Crippen LogP contribution in [0.3, 0.4) is 0 Å². The SMILES string of the molecule is C=CC[C@H](CC(=O)N[C@@H](C)CO)C(=O)N[C@H](COC(=O)[C@@H](CC=C)Cc1ccccc1)C(=O)OCc1ccccc1. The molecular weight excluding hydrogens is 524 g/mol. The molecule has 0 aliphatic carbocycles. The number of rotatable bonds is 18. The van der Waals surface area contributed by atoms with E-state index in [0.717, 1.165) is 11.1 Å². The number of amides is 2. The number of carbonyl (C=O) groups excluding carboxylic acids is 4. The van der Waals surface area contributed by atoms with Crippen LogP contribution >= 0.6 is 0 Å². The Balaban J connectivity index is 2.14. The first-order chi connectivity index (χ1) is 19.8. The highest BCUT2D eigenvalue weighted by Crippen LogP contribution is 2.16. The van der Waals surface area contributed by atoms with Crippen molar-refractivity contribution in [1.29, 1.82) is 0 Å². The van der Waals surface area contributed by atoms with Gasteiger partial charge in [0.2, 0.25) is 11.8 Å². The quantitative estimate of drug-likeness (QED) is 0.187. The van der Waals surface area contributed by atoms with Crippen LogP contribution in [0.5, 0.6) is 0 Å². The second-order valence-electron chi connectivity index (χ2n) is 9.77. The van der Waals surface area contributed by atoms with E-state index in [0.29, 0.717) is 12.8 Å². The highest BCUT2D eigenvalue weighted by atomic mass is 16.6. The fourth-order valence-electron chi connectivity index (χ4n) is 4.02. The molecule has 2 aromatic carbocycles. The van der Waals surface area contributed by atoms with Gasteiger partial charge in [0.05, 0.1) is 18.4 Å². The van der Waals surface area contributed by atoms with Gasteiger partial charge in [-0.05, 0) is 37.3 Å². The highest BCUT2D eigenvalue weighted by Gasteiger charge is 2.30. The van der Waals surface area contributed by atoms with Crippen LogP contribution < -0.4 is 10.6 Å². The van der Waals surface area contributed by atoms with Gasteiger partial charge in [-0.1, -0.05) is 72.8 Å². The Morgan fingerprint density at radius 3 is 2.00 bits per heavy atom. The molecule has 0 bridgehead atoms. The Kier molecular flexibility index (Phi) is 14.6. The molecule has 0 heterocycles. The van der Waals surface area contributed by atoms with E-state index in [1.807, 2.05) is 36.4 Å². The van der Waals surface area contributed by atoms with Crippen LogP contribution in [-0.4, -0.2) is 54.2 Å². The van der Waals surface area contributed by atoms with Crippen molar-refractivity contribution in [1.82, 2.24) is 10.6 Å². The summed E-state index contributed by atoms with van der Waals surface area (Å²) >= 11 is 0. The molecule has 0 saturated carbocycles. The number of hydrogen-bond donors (Lipinski definition) is 3. The molecular formula is C32H40N2O7. The lowest BCUT2D eigenvalue weighted by Crippen LogP contribution is -2.48. The number of aliphatic hydroxyl groups excluding tert-OH is 1. The lowest BCUT2D eigenvalue weighted by atomic mass is 9.96. The second-order valence-corrected chi connectivity index (χ2v) is 9.77. The maximum absolute atomic E-state index is 13.2. The van der Waals surface area contributed by atoms with Gasteiger partial charge in [-0.3, -0.25) is 14.4 Å². The molecule has 9 nitrogen and oxygen atoms in total. The predicted octanol–water partition coefficient (Wildman–Crippen LogP) is 3.27. The summed E-state index contributed by atoms with van der Waals surface area (Å²) in [5, 5.41) is 14.4. The van der Waals surface area contributed by atoms with Crippen molar-refractivity contribution in [3.63, 3.8) is 0 Å². The van der Waals surface area contributed by atoms with Gasteiger partial charge in [-0.2, -0.15) is 0 Å². The Morgan fingerprint density at radius 2 is 1.41 bits per heavy atom. The predicted molar refractivity (Wildman–Crippen MR) is 155 cm³/mol. The van der Waals surface area contributed by atoms with Crippen LogP contribution in [0.4, 0.5) is 0 Å². The fourth-order valence-corrected chi connectivity index (χ4v) is 4.02. The van der Waals surface area contributed by atoms with Gasteiger partial charge in [-0.15, -0.1) is 13.2 Å². The molecule has 0 aromatic heterocycles. The van der Waals surface area contributed by atoms with Crippen molar-refractivity contribution in [2.45, 2.75) is 51.3 Å². The molecule has 9 heteroatoms. The van der Waals surface area contributed by atoms with E-state index in [-0.39, 0.29) is 26.1 Å². The van der Waals surface area contributed by atoms with Gasteiger partial charge in [0.1, 0.15) is 13.2 Å². The molecule has 0 fully saturated rings. The van der Waals surface area contributed by atoms with Crippen molar-refractivity contribution in [2.24, 2.45) is 11.8 Å². The Labute approximate surface area is 241 Å². The first kappa shape index (κ1) is 33.0. The number of aliphatic hydroxyl groups is 1. The Morgan fingerprint density at radius 1 is 0.829 bits per heavy atom. The summed E-state index contributed by atoms with van der Waals surface area (Å²) in [4.78, 5) is 51.7. The molecule has 0 saturated heterocycles. The van der Waals surface area contributed by atoms with Crippen molar-refractivity contribution in [3.05, 3.63) is 97.1 Å². The summed E-state index contributed by atoms with van der Waals surface area (Å²) in [5.41, 5.74) is 1.69. The van der Waals surface area contributed by atoms with Gasteiger partial charge in [0, 0.05) is 12.5 Å². The highest BCUT2D eigenvalue weighted by molar-refractivity contribution is 5.89. The lowest BCUT2D eigenvalue weighted by Gasteiger charge is -2.22. The minimum absolute atomic E-state index is 0.0371. The number of allylic oxidation sites excluding steroid dienone is 2. The smallest absolute Gasteiger partial charge is 0.332 e. The van der Waals surface area contributed by atoms with E-state index in [1.54, 1.807) is 37.3 Å². The molecule has 2 amide bonds. The lowest BCUT2D eigenvalue weighted by molar-refractivity contribution is -0.157. The summed E-state index contributed by atoms with van der Waals surface area (Å²) in [6.07, 6.45) is 3.89. The van der Waals surface area contributed by atoms with Crippen LogP contribution in [0.2, 0.25) is 0 Å². The number of ether oxygens (including phenoxy) is 2. The monoisotopic (exact) mass is 564 g/mol. The summed E-state index contributed by atoms with van der Waals surface area (Å²) in [6.45, 7) is 8.28. The van der Waals surface area contributed by atoms with E-state index in [4.69, 9.17) is 9.47 Å². The summed E-state index contributed by atoms with van der Waals surface area (Å²) in [7, 11) is 0. The zero-order valence-electron chi connectivity index (χ0n) is 23.5. The number of hydrogen-bond acceptors (Lipinski definition) is 7. The number of benzene rings is 2. The molecule has 0 radical (unpaired) electrons. The number of carbonyl (C=O) groups is 4. The van der Waals surface area contributed by atoms with E-state index in [2.05, 4.69) is 23.8 Å². The van der Waals surface area contributed by atoms with Gasteiger partial charge in [0.15, 0.2) is 6.04 Å². The van der Waals surface area contributed by atoms with Crippen LogP contribution in [-0.2, 0) is 41.7 Å². The first-order valence-corrected chi connectivity index (χ1v) is 13.6. The summed E-state index contributed by atoms with van der Waals surface area (Å²) in [6, 6.07) is 16.7. The topological polar surface area (TPSA) is 131 Å². The zero-order valence-corrected chi connectivity index (χ0v) is 23.5. The van der Waals surface area contributed by atoms with Gasteiger partial charge in [-0.25, -0.2) is 4.79 Å². The third-order valence-electron chi connectivity index (χ3n) is 6.26. The largest absolute Gasteiger partial charge is 0.463 e.